The van der Waals surface area contributed by atoms with Crippen molar-refractivity contribution >= 4 is 20.2 Å². The molecule has 0 aromatic heterocycles. The third kappa shape index (κ3) is 6.62. The first-order valence-corrected chi connectivity index (χ1v) is 14.0. The second-order valence-corrected chi connectivity index (χ2v) is 11.5. The molecule has 2 aromatic carbocycles. The van der Waals surface area contributed by atoms with E-state index >= 15 is 0 Å². The third-order valence-electron chi connectivity index (χ3n) is 5.55. The van der Waals surface area contributed by atoms with E-state index in [1.165, 1.54) is 0 Å². The lowest BCUT2D eigenvalue weighted by Crippen LogP contribution is -2.34. The average molecular weight is 499 g/mol. The summed E-state index contributed by atoms with van der Waals surface area (Å²) in [5.41, 5.74) is 5.68. The summed E-state index contributed by atoms with van der Waals surface area (Å²) in [4.78, 5) is 0. The molecular weight excluding hydrogens is 468 g/mol. The maximum Gasteiger partial charge on any atom is 0.264 e. The van der Waals surface area contributed by atoms with Crippen molar-refractivity contribution in [2.75, 3.05) is 24.7 Å². The van der Waals surface area contributed by atoms with Crippen molar-refractivity contribution in [1.29, 1.82) is 0 Å². The Balaban J connectivity index is 1.89. The maximum absolute atomic E-state index is 11.0. The van der Waals surface area contributed by atoms with E-state index in [-0.39, 0.29) is 37.6 Å². The summed E-state index contributed by atoms with van der Waals surface area (Å²) in [6.07, 6.45) is 1.28. The molecule has 3 rings (SSSR count). The second-order valence-electron chi connectivity index (χ2n) is 8.40. The molecule has 0 aliphatic heterocycles. The number of benzene rings is 2. The van der Waals surface area contributed by atoms with Crippen molar-refractivity contribution in [3.8, 4) is 11.1 Å². The fraction of sp³-hybridized carbons (Fsp3) is 0.478. The molecule has 8 nitrogen and oxygen atoms in total. The van der Waals surface area contributed by atoms with Crippen LogP contribution in [0.5, 0.6) is 0 Å². The molecule has 1 aliphatic rings. The summed E-state index contributed by atoms with van der Waals surface area (Å²) in [5.74, 6) is -1.91. The van der Waals surface area contributed by atoms with Gasteiger partial charge in [-0.3, -0.25) is 9.11 Å². The third-order valence-corrected chi connectivity index (χ3v) is 7.16. The Hall–Kier alpha value is -1.82. The highest BCUT2D eigenvalue weighted by atomic mass is 32.2. The van der Waals surface area contributed by atoms with Gasteiger partial charge in [-0.25, -0.2) is 0 Å². The van der Waals surface area contributed by atoms with Crippen molar-refractivity contribution in [2.24, 2.45) is 0 Å². The van der Waals surface area contributed by atoms with Crippen molar-refractivity contribution in [2.45, 2.75) is 45.3 Å². The highest BCUT2D eigenvalue weighted by Crippen LogP contribution is 2.51. The minimum Gasteiger partial charge on any atom is -0.342 e. The molecule has 0 atom stereocenters. The summed E-state index contributed by atoms with van der Waals surface area (Å²) in [7, 11) is -8.07. The molecule has 0 amide bonds. The SMILES string of the molecule is Cc1ccc2c(c1)C(OCCCCS(=O)(=O)O)(OCCCCS(=O)(=O)O)c1cc(C)ccc1-2. The fourth-order valence-corrected chi connectivity index (χ4v) is 5.17. The molecule has 0 heterocycles. The zero-order valence-electron chi connectivity index (χ0n) is 18.8. The standard InChI is InChI=1S/C23H30O8S2/c1-17-7-9-19-20-10-8-18(2)16-22(20)23(21(19)15-17,30-11-3-5-13-32(24,25)26)31-12-4-6-14-33(27,28)29/h7-10,15-16H,3-6,11-14H2,1-2H3,(H,24,25,26)(H,27,28,29). The van der Waals surface area contributed by atoms with Gasteiger partial charge in [-0.1, -0.05) is 35.4 Å². The number of unbranched alkanes of at least 4 members (excludes halogenated alkanes) is 2. The Bertz CT molecular complexity index is 1110. The van der Waals surface area contributed by atoms with Gasteiger partial charge in [0.1, 0.15) is 0 Å². The van der Waals surface area contributed by atoms with Crippen LogP contribution in [0.25, 0.3) is 11.1 Å². The van der Waals surface area contributed by atoms with Gasteiger partial charge in [-0.15, -0.1) is 0 Å². The minimum absolute atomic E-state index is 0.196. The van der Waals surface area contributed by atoms with Gasteiger partial charge in [0.05, 0.1) is 24.7 Å². The summed E-state index contributed by atoms with van der Waals surface area (Å²) in [6, 6.07) is 12.1. The topological polar surface area (TPSA) is 127 Å². The van der Waals surface area contributed by atoms with Crippen LogP contribution in [-0.2, 0) is 35.5 Å². The Kier molecular flexibility index (Phi) is 7.98. The van der Waals surface area contributed by atoms with Crippen LogP contribution in [0, 0.1) is 13.8 Å². The van der Waals surface area contributed by atoms with E-state index in [0.717, 1.165) is 33.4 Å². The quantitative estimate of drug-likeness (QED) is 0.257. The first kappa shape index (κ1) is 25.8. The lowest BCUT2D eigenvalue weighted by atomic mass is 10.0. The second kappa shape index (κ2) is 10.2. The molecule has 0 radical (unpaired) electrons. The summed E-state index contributed by atoms with van der Waals surface area (Å²) < 4.78 is 74.7. The van der Waals surface area contributed by atoms with E-state index in [1.807, 2.05) is 50.2 Å². The largest absolute Gasteiger partial charge is 0.342 e. The first-order chi connectivity index (χ1) is 15.4. The van der Waals surface area contributed by atoms with Gasteiger partial charge in [0.25, 0.3) is 20.2 Å². The maximum atomic E-state index is 11.0. The molecule has 1 aliphatic carbocycles. The normalized spacial score (nSPS) is 14.8. The predicted octanol–water partition coefficient (Wildman–Crippen LogP) is 3.85. The van der Waals surface area contributed by atoms with Gasteiger partial charge in [-0.2, -0.15) is 16.8 Å². The summed E-state index contributed by atoms with van der Waals surface area (Å²) in [6.45, 7) is 4.33. The smallest absolute Gasteiger partial charge is 0.264 e. The Morgan fingerprint density at radius 3 is 1.45 bits per heavy atom. The van der Waals surface area contributed by atoms with Gasteiger partial charge in [0, 0.05) is 11.1 Å². The first-order valence-electron chi connectivity index (χ1n) is 10.8. The van der Waals surface area contributed by atoms with E-state index in [0.29, 0.717) is 12.8 Å². The number of hydrogen-bond acceptors (Lipinski definition) is 6. The van der Waals surface area contributed by atoms with Gasteiger partial charge in [0.15, 0.2) is 0 Å². The molecule has 0 saturated carbocycles. The van der Waals surface area contributed by atoms with E-state index in [1.54, 1.807) is 0 Å². The lowest BCUT2D eigenvalue weighted by Gasteiger charge is -2.32. The summed E-state index contributed by atoms with van der Waals surface area (Å²) >= 11 is 0. The van der Waals surface area contributed by atoms with Crippen molar-refractivity contribution in [1.82, 2.24) is 0 Å². The molecule has 0 spiro atoms. The van der Waals surface area contributed by atoms with Crippen LogP contribution < -0.4 is 0 Å². The average Bonchev–Trinajstić information content (AvgIpc) is 2.95. The van der Waals surface area contributed by atoms with E-state index in [9.17, 15) is 16.8 Å². The monoisotopic (exact) mass is 498 g/mol. The number of ether oxygens (including phenoxy) is 2. The van der Waals surface area contributed by atoms with Crippen LogP contribution >= 0.6 is 0 Å². The van der Waals surface area contributed by atoms with Crippen LogP contribution in [0.2, 0.25) is 0 Å². The molecule has 2 aromatic rings. The molecule has 33 heavy (non-hydrogen) atoms. The van der Waals surface area contributed by atoms with Gasteiger partial charge < -0.3 is 9.47 Å². The van der Waals surface area contributed by atoms with Crippen LogP contribution in [0.4, 0.5) is 0 Å². The predicted molar refractivity (Wildman–Crippen MR) is 125 cm³/mol. The van der Waals surface area contributed by atoms with Crippen molar-refractivity contribution in [3.63, 3.8) is 0 Å². The molecule has 0 unspecified atom stereocenters. The summed E-state index contributed by atoms with van der Waals surface area (Å²) in [5, 5.41) is 0. The Morgan fingerprint density at radius 1 is 0.697 bits per heavy atom. The number of rotatable bonds is 12. The highest BCUT2D eigenvalue weighted by Gasteiger charge is 2.46. The fourth-order valence-electron chi connectivity index (χ4n) is 4.03. The molecule has 182 valence electrons. The number of aryl methyl sites for hydroxylation is 2. The highest BCUT2D eigenvalue weighted by molar-refractivity contribution is 7.86. The zero-order chi connectivity index (χ0) is 24.3. The van der Waals surface area contributed by atoms with E-state index in [2.05, 4.69) is 0 Å². The molecule has 2 N–H and O–H groups in total. The molecule has 0 fully saturated rings. The van der Waals surface area contributed by atoms with Crippen LogP contribution in [0.1, 0.15) is 47.9 Å². The lowest BCUT2D eigenvalue weighted by molar-refractivity contribution is -0.216. The Morgan fingerprint density at radius 2 is 1.09 bits per heavy atom. The van der Waals surface area contributed by atoms with Crippen LogP contribution in [-0.4, -0.2) is 50.7 Å². The van der Waals surface area contributed by atoms with Gasteiger partial charge in [0.2, 0.25) is 5.79 Å². The van der Waals surface area contributed by atoms with Gasteiger partial charge >= 0.3 is 0 Å². The van der Waals surface area contributed by atoms with Crippen molar-refractivity contribution in [3.05, 3.63) is 58.7 Å². The van der Waals surface area contributed by atoms with Gasteiger partial charge in [-0.05, 0) is 62.8 Å². The van der Waals surface area contributed by atoms with E-state index in [4.69, 9.17) is 18.6 Å². The number of hydrogen-bond donors (Lipinski definition) is 2. The molecule has 0 bridgehead atoms. The molecule has 10 heteroatoms. The Labute approximate surface area is 195 Å². The molecule has 0 saturated heterocycles. The zero-order valence-corrected chi connectivity index (χ0v) is 20.4. The number of fused-ring (bicyclic) bond motifs is 3. The van der Waals surface area contributed by atoms with Crippen LogP contribution in [0.3, 0.4) is 0 Å². The minimum atomic E-state index is -4.04. The molecular formula is C23H30O8S2. The van der Waals surface area contributed by atoms with E-state index < -0.39 is 26.0 Å². The van der Waals surface area contributed by atoms with Crippen molar-refractivity contribution < 1.29 is 35.4 Å². The van der Waals surface area contributed by atoms with Crippen LogP contribution in [0.15, 0.2) is 36.4 Å².